The van der Waals surface area contributed by atoms with Crippen LogP contribution in [0.15, 0.2) is 30.3 Å². The third-order valence-electron chi connectivity index (χ3n) is 4.36. The molecule has 1 N–H and O–H groups in total. The highest BCUT2D eigenvalue weighted by atomic mass is 16.6. The second-order valence-corrected chi connectivity index (χ2v) is 6.33. The van der Waals surface area contributed by atoms with Gasteiger partial charge < -0.3 is 15.0 Å². The summed E-state index contributed by atoms with van der Waals surface area (Å²) in [5, 5.41) is 3.04. The molecule has 0 saturated heterocycles. The summed E-state index contributed by atoms with van der Waals surface area (Å²) < 4.78 is 5.21. The number of hydrogen-bond acceptors (Lipinski definition) is 3. The highest BCUT2D eigenvalue weighted by Crippen LogP contribution is 2.23. The lowest BCUT2D eigenvalue weighted by atomic mass is 9.86. The number of amides is 2. The number of hydrogen-bond donors (Lipinski definition) is 1. The van der Waals surface area contributed by atoms with Crippen molar-refractivity contribution in [2.24, 2.45) is 5.92 Å². The van der Waals surface area contributed by atoms with Crippen molar-refractivity contribution in [1.82, 2.24) is 10.2 Å². The zero-order valence-corrected chi connectivity index (χ0v) is 14.0. The molecule has 1 aromatic rings. The van der Waals surface area contributed by atoms with Crippen molar-refractivity contribution in [3.8, 4) is 0 Å². The van der Waals surface area contributed by atoms with Gasteiger partial charge in [0.25, 0.3) is 0 Å². The van der Waals surface area contributed by atoms with Gasteiger partial charge in [0.15, 0.2) is 0 Å². The van der Waals surface area contributed by atoms with E-state index < -0.39 is 6.09 Å². The number of likely N-dealkylation sites (N-methyl/N-ethyl adjacent to an activating group) is 1. The summed E-state index contributed by atoms with van der Waals surface area (Å²) in [6.07, 6.45) is 4.08. The molecule has 2 atom stereocenters. The van der Waals surface area contributed by atoms with Crippen LogP contribution in [-0.2, 0) is 16.1 Å². The molecular formula is C18H26N2O3. The lowest BCUT2D eigenvalue weighted by Crippen LogP contribution is -2.46. The van der Waals surface area contributed by atoms with Gasteiger partial charge in [-0.3, -0.25) is 4.79 Å². The van der Waals surface area contributed by atoms with Gasteiger partial charge in [-0.2, -0.15) is 0 Å². The zero-order chi connectivity index (χ0) is 16.7. The maximum atomic E-state index is 12.1. The minimum absolute atomic E-state index is 0.0246. The van der Waals surface area contributed by atoms with Crippen LogP contribution < -0.4 is 5.32 Å². The van der Waals surface area contributed by atoms with Gasteiger partial charge >= 0.3 is 6.09 Å². The molecule has 126 valence electrons. The molecule has 2 amide bonds. The van der Waals surface area contributed by atoms with E-state index in [-0.39, 0.29) is 25.1 Å². The fraction of sp³-hybridized carbons (Fsp3) is 0.556. The number of ether oxygens (including phenoxy) is 1. The number of rotatable bonds is 5. The third kappa shape index (κ3) is 5.58. The van der Waals surface area contributed by atoms with Crippen LogP contribution in [0.4, 0.5) is 4.79 Å². The molecule has 1 aromatic carbocycles. The number of carbonyl (C=O) groups excluding carboxylic acids is 2. The first kappa shape index (κ1) is 17.3. The zero-order valence-electron chi connectivity index (χ0n) is 14.0. The van der Waals surface area contributed by atoms with E-state index in [1.807, 2.05) is 30.3 Å². The van der Waals surface area contributed by atoms with Crippen molar-refractivity contribution in [1.29, 1.82) is 0 Å². The first-order chi connectivity index (χ1) is 11.1. The lowest BCUT2D eigenvalue weighted by molar-refractivity contribution is -0.123. The molecule has 0 unspecified atom stereocenters. The van der Waals surface area contributed by atoms with E-state index in [2.05, 4.69) is 12.2 Å². The third-order valence-corrected chi connectivity index (χ3v) is 4.36. The van der Waals surface area contributed by atoms with Gasteiger partial charge in [0.05, 0.1) is 0 Å². The van der Waals surface area contributed by atoms with E-state index in [1.54, 1.807) is 7.05 Å². The Hall–Kier alpha value is -2.04. The topological polar surface area (TPSA) is 58.6 Å². The van der Waals surface area contributed by atoms with Crippen LogP contribution in [0.5, 0.6) is 0 Å². The number of nitrogens with one attached hydrogen (secondary N) is 1. The van der Waals surface area contributed by atoms with Crippen molar-refractivity contribution in [3.05, 3.63) is 35.9 Å². The fourth-order valence-corrected chi connectivity index (χ4v) is 2.89. The maximum Gasteiger partial charge on any atom is 0.410 e. The molecule has 5 nitrogen and oxygen atoms in total. The van der Waals surface area contributed by atoms with Crippen LogP contribution in [0.3, 0.4) is 0 Å². The molecule has 1 aliphatic carbocycles. The normalized spacial score (nSPS) is 20.6. The van der Waals surface area contributed by atoms with Crippen LogP contribution >= 0.6 is 0 Å². The molecule has 0 spiro atoms. The van der Waals surface area contributed by atoms with Crippen LogP contribution in [0.2, 0.25) is 0 Å². The predicted octanol–water partition coefficient (Wildman–Crippen LogP) is 2.95. The Balaban J connectivity index is 1.73. The van der Waals surface area contributed by atoms with E-state index in [0.717, 1.165) is 24.8 Å². The minimum atomic E-state index is -0.485. The minimum Gasteiger partial charge on any atom is -0.445 e. The monoisotopic (exact) mass is 318 g/mol. The number of benzene rings is 1. The largest absolute Gasteiger partial charge is 0.445 e. The summed E-state index contributed by atoms with van der Waals surface area (Å²) in [5.74, 6) is 0.381. The fourth-order valence-electron chi connectivity index (χ4n) is 2.89. The average Bonchev–Trinajstić information content (AvgIpc) is 2.55. The van der Waals surface area contributed by atoms with Crippen molar-refractivity contribution >= 4 is 12.0 Å². The summed E-state index contributed by atoms with van der Waals surface area (Å²) in [6, 6.07) is 9.71. The van der Waals surface area contributed by atoms with Gasteiger partial charge in [-0.05, 0) is 24.3 Å². The van der Waals surface area contributed by atoms with Gasteiger partial charge in [0.1, 0.15) is 13.2 Å². The Kier molecular flexibility index (Phi) is 6.44. The van der Waals surface area contributed by atoms with E-state index in [0.29, 0.717) is 5.92 Å². The second kappa shape index (κ2) is 8.56. The van der Waals surface area contributed by atoms with Gasteiger partial charge in [-0.25, -0.2) is 4.79 Å². The molecule has 0 radical (unpaired) electrons. The van der Waals surface area contributed by atoms with Crippen LogP contribution in [0.1, 0.15) is 38.2 Å². The Morgan fingerprint density at radius 3 is 2.61 bits per heavy atom. The molecule has 2 rings (SSSR count). The quantitative estimate of drug-likeness (QED) is 0.908. The Bertz CT molecular complexity index is 518. The van der Waals surface area contributed by atoms with Crippen LogP contribution in [-0.4, -0.2) is 36.5 Å². The molecule has 23 heavy (non-hydrogen) atoms. The maximum absolute atomic E-state index is 12.1. The van der Waals surface area contributed by atoms with Crippen LogP contribution in [0, 0.1) is 5.92 Å². The van der Waals surface area contributed by atoms with E-state index in [1.165, 1.54) is 11.3 Å². The van der Waals surface area contributed by atoms with Crippen LogP contribution in [0.25, 0.3) is 0 Å². The average molecular weight is 318 g/mol. The summed E-state index contributed by atoms with van der Waals surface area (Å²) >= 11 is 0. The molecule has 0 heterocycles. The molecule has 0 aliphatic heterocycles. The van der Waals surface area contributed by atoms with Gasteiger partial charge in [0, 0.05) is 13.1 Å². The standard InChI is InChI=1S/C18H26N2O3/c1-14-8-6-7-11-16(14)19-17(21)12-20(2)18(22)23-13-15-9-4-3-5-10-15/h3-5,9-10,14,16H,6-8,11-13H2,1-2H3,(H,19,21)/t14-,16-/m0/s1. The first-order valence-electron chi connectivity index (χ1n) is 8.27. The molecule has 1 fully saturated rings. The molecule has 5 heteroatoms. The van der Waals surface area contributed by atoms with Crippen molar-refractivity contribution in [3.63, 3.8) is 0 Å². The summed E-state index contributed by atoms with van der Waals surface area (Å²) in [4.78, 5) is 25.3. The first-order valence-corrected chi connectivity index (χ1v) is 8.27. The Labute approximate surface area is 138 Å². The van der Waals surface area contributed by atoms with E-state index in [4.69, 9.17) is 4.74 Å². The summed E-state index contributed by atoms with van der Waals surface area (Å²) in [7, 11) is 1.58. The molecule has 1 aliphatic rings. The smallest absolute Gasteiger partial charge is 0.410 e. The van der Waals surface area contributed by atoms with Gasteiger partial charge in [0.2, 0.25) is 5.91 Å². The predicted molar refractivity (Wildman–Crippen MR) is 88.8 cm³/mol. The Morgan fingerprint density at radius 1 is 1.22 bits per heavy atom. The second-order valence-electron chi connectivity index (χ2n) is 6.33. The molecule has 1 saturated carbocycles. The number of carbonyl (C=O) groups is 2. The SMILES string of the molecule is C[C@H]1CCCC[C@@H]1NC(=O)CN(C)C(=O)OCc1ccccc1. The van der Waals surface area contributed by atoms with Gasteiger partial charge in [-0.15, -0.1) is 0 Å². The number of nitrogens with zero attached hydrogens (tertiary/aromatic N) is 1. The van der Waals surface area contributed by atoms with Gasteiger partial charge in [-0.1, -0.05) is 50.1 Å². The van der Waals surface area contributed by atoms with E-state index >= 15 is 0 Å². The lowest BCUT2D eigenvalue weighted by Gasteiger charge is -2.30. The molecule has 0 bridgehead atoms. The summed E-state index contributed by atoms with van der Waals surface area (Å²) in [5.41, 5.74) is 0.926. The highest BCUT2D eigenvalue weighted by molar-refractivity contribution is 5.82. The van der Waals surface area contributed by atoms with Crippen molar-refractivity contribution in [2.75, 3.05) is 13.6 Å². The summed E-state index contributed by atoms with van der Waals surface area (Å²) in [6.45, 7) is 2.41. The Morgan fingerprint density at radius 2 is 1.91 bits per heavy atom. The van der Waals surface area contributed by atoms with Crippen molar-refractivity contribution < 1.29 is 14.3 Å². The molecule has 0 aromatic heterocycles. The van der Waals surface area contributed by atoms with E-state index in [9.17, 15) is 9.59 Å². The van der Waals surface area contributed by atoms with Crippen molar-refractivity contribution in [2.45, 2.75) is 45.3 Å². The highest BCUT2D eigenvalue weighted by Gasteiger charge is 2.24. The molecular weight excluding hydrogens is 292 g/mol.